The number of likely N-dealkylation sites (tertiary alicyclic amines) is 1. The lowest BCUT2D eigenvalue weighted by molar-refractivity contribution is -0.143. The molecule has 0 radical (unpaired) electrons. The van der Waals surface area contributed by atoms with Crippen molar-refractivity contribution in [2.75, 3.05) is 13.1 Å². The number of carbonyl (C=O) groups excluding carboxylic acids is 3. The van der Waals surface area contributed by atoms with Crippen molar-refractivity contribution in [1.82, 2.24) is 20.5 Å². The van der Waals surface area contributed by atoms with Crippen LogP contribution in [0.15, 0.2) is 60.8 Å². The van der Waals surface area contributed by atoms with Gasteiger partial charge in [0.25, 0.3) is 0 Å². The zero-order valence-electron chi connectivity index (χ0n) is 23.6. The molecule has 0 bridgehead atoms. The van der Waals surface area contributed by atoms with E-state index in [0.29, 0.717) is 45.2 Å². The SMILES string of the molecule is NCCCCC(NC(=O)C1CCCN1C(=O)C(N)Cc1ccccc1)C(=O)NC(Cc1c[nH]c2ccccc12)C(=O)O. The van der Waals surface area contributed by atoms with Crippen LogP contribution in [0.5, 0.6) is 0 Å². The van der Waals surface area contributed by atoms with Gasteiger partial charge in [0.2, 0.25) is 17.7 Å². The molecule has 0 saturated carbocycles. The van der Waals surface area contributed by atoms with Crippen LogP contribution in [0.4, 0.5) is 0 Å². The second-order valence-electron chi connectivity index (χ2n) is 10.8. The molecular formula is C31H40N6O5. The third kappa shape index (κ3) is 7.74. The van der Waals surface area contributed by atoms with Crippen molar-refractivity contribution >= 4 is 34.6 Å². The molecule has 4 unspecified atom stereocenters. The third-order valence-corrected chi connectivity index (χ3v) is 7.75. The van der Waals surface area contributed by atoms with Crippen LogP contribution < -0.4 is 22.1 Å². The van der Waals surface area contributed by atoms with E-state index in [1.165, 1.54) is 4.90 Å². The van der Waals surface area contributed by atoms with Gasteiger partial charge < -0.3 is 37.1 Å². The summed E-state index contributed by atoms with van der Waals surface area (Å²) in [7, 11) is 0. The van der Waals surface area contributed by atoms with Crippen molar-refractivity contribution in [3.8, 4) is 0 Å². The van der Waals surface area contributed by atoms with Crippen LogP contribution in [0.1, 0.15) is 43.2 Å². The summed E-state index contributed by atoms with van der Waals surface area (Å²) < 4.78 is 0. The Morgan fingerprint density at radius 2 is 1.71 bits per heavy atom. The Morgan fingerprint density at radius 3 is 2.45 bits per heavy atom. The zero-order chi connectivity index (χ0) is 30.1. The number of fused-ring (bicyclic) bond motifs is 1. The summed E-state index contributed by atoms with van der Waals surface area (Å²) in [5.41, 5.74) is 14.4. The van der Waals surface area contributed by atoms with E-state index in [2.05, 4.69) is 15.6 Å². The van der Waals surface area contributed by atoms with Crippen molar-refractivity contribution in [2.24, 2.45) is 11.5 Å². The monoisotopic (exact) mass is 576 g/mol. The van der Waals surface area contributed by atoms with Crippen LogP contribution in [0.2, 0.25) is 0 Å². The molecule has 3 amide bonds. The first-order valence-electron chi connectivity index (χ1n) is 14.5. The summed E-state index contributed by atoms with van der Waals surface area (Å²) in [4.78, 5) is 56.8. The Balaban J connectivity index is 1.43. The highest BCUT2D eigenvalue weighted by atomic mass is 16.4. The molecule has 2 aromatic carbocycles. The average molecular weight is 577 g/mol. The number of benzene rings is 2. The van der Waals surface area contributed by atoms with Gasteiger partial charge in [-0.3, -0.25) is 14.4 Å². The van der Waals surface area contributed by atoms with Gasteiger partial charge in [0.05, 0.1) is 6.04 Å². The smallest absolute Gasteiger partial charge is 0.326 e. The van der Waals surface area contributed by atoms with Crippen molar-refractivity contribution in [3.63, 3.8) is 0 Å². The fourth-order valence-corrected chi connectivity index (χ4v) is 5.49. The second-order valence-corrected chi connectivity index (χ2v) is 10.8. The van der Waals surface area contributed by atoms with Gasteiger partial charge in [-0.1, -0.05) is 48.5 Å². The molecule has 42 heavy (non-hydrogen) atoms. The Hall–Kier alpha value is -4.22. The summed E-state index contributed by atoms with van der Waals surface area (Å²) in [6.45, 7) is 0.819. The molecule has 4 atom stereocenters. The van der Waals surface area contributed by atoms with Gasteiger partial charge in [-0.05, 0) is 62.3 Å². The van der Waals surface area contributed by atoms with E-state index in [4.69, 9.17) is 11.5 Å². The number of aliphatic carboxylic acids is 1. The molecule has 4 rings (SSSR count). The van der Waals surface area contributed by atoms with Crippen LogP contribution in [-0.4, -0.2) is 75.9 Å². The number of hydrogen-bond donors (Lipinski definition) is 6. The molecule has 224 valence electrons. The van der Waals surface area contributed by atoms with E-state index < -0.39 is 42.0 Å². The summed E-state index contributed by atoms with van der Waals surface area (Å²) in [6.07, 6.45) is 4.72. The zero-order valence-corrected chi connectivity index (χ0v) is 23.6. The molecule has 0 aliphatic carbocycles. The first-order chi connectivity index (χ1) is 20.3. The molecule has 2 heterocycles. The molecule has 3 aromatic rings. The van der Waals surface area contributed by atoms with Gasteiger partial charge in [0.1, 0.15) is 18.1 Å². The maximum atomic E-state index is 13.4. The number of nitrogens with two attached hydrogens (primary N) is 2. The summed E-state index contributed by atoms with van der Waals surface area (Å²) in [5, 5.41) is 16.2. The third-order valence-electron chi connectivity index (χ3n) is 7.75. The fraction of sp³-hybridized carbons (Fsp3) is 0.419. The lowest BCUT2D eigenvalue weighted by Crippen LogP contribution is -2.57. The normalized spacial score (nSPS) is 17.0. The number of amides is 3. The number of hydrogen-bond acceptors (Lipinski definition) is 6. The van der Waals surface area contributed by atoms with E-state index in [1.54, 1.807) is 6.20 Å². The summed E-state index contributed by atoms with van der Waals surface area (Å²) >= 11 is 0. The van der Waals surface area contributed by atoms with E-state index in [0.717, 1.165) is 22.0 Å². The lowest BCUT2D eigenvalue weighted by atomic mass is 10.0. The highest BCUT2D eigenvalue weighted by Gasteiger charge is 2.38. The Morgan fingerprint density at radius 1 is 0.976 bits per heavy atom. The minimum atomic E-state index is -1.20. The average Bonchev–Trinajstić information content (AvgIpc) is 3.64. The quantitative estimate of drug-likeness (QED) is 0.157. The number of unbranched alkanes of at least 4 members (excludes halogenated alkanes) is 1. The van der Waals surface area contributed by atoms with Crippen LogP contribution >= 0.6 is 0 Å². The topological polar surface area (TPSA) is 184 Å². The summed E-state index contributed by atoms with van der Waals surface area (Å²) in [5.74, 6) is -2.54. The first kappa shape index (κ1) is 30.7. The maximum Gasteiger partial charge on any atom is 0.326 e. The largest absolute Gasteiger partial charge is 0.480 e. The van der Waals surface area contributed by atoms with Crippen LogP contribution in [-0.2, 0) is 32.0 Å². The number of rotatable bonds is 14. The Kier molecular flexibility index (Phi) is 10.7. The molecule has 0 spiro atoms. The van der Waals surface area contributed by atoms with E-state index in [1.807, 2.05) is 54.6 Å². The van der Waals surface area contributed by atoms with Crippen LogP contribution in [0, 0.1) is 0 Å². The standard InChI is InChI=1S/C31H40N6O5/c32-15-7-6-13-25(28(38)36-26(31(41)42)18-21-19-34-24-12-5-4-11-22(21)24)35-29(39)27-14-8-16-37(27)30(40)23(33)17-20-9-2-1-3-10-20/h1-5,9-12,19,23,25-27,34H,6-8,13-18,32-33H2,(H,35,39)(H,36,38)(H,41,42). The van der Waals surface area contributed by atoms with Crippen molar-refractivity contribution in [2.45, 2.75) is 69.1 Å². The minimum absolute atomic E-state index is 0.0682. The molecular weight excluding hydrogens is 536 g/mol. The number of carboxylic acids is 1. The molecule has 1 saturated heterocycles. The number of nitrogens with one attached hydrogen (secondary N) is 3. The second kappa shape index (κ2) is 14.6. The lowest BCUT2D eigenvalue weighted by Gasteiger charge is -2.28. The van der Waals surface area contributed by atoms with Crippen LogP contribution in [0.3, 0.4) is 0 Å². The first-order valence-corrected chi connectivity index (χ1v) is 14.5. The van der Waals surface area contributed by atoms with Gasteiger partial charge in [-0.2, -0.15) is 0 Å². The number of aromatic amines is 1. The number of aromatic nitrogens is 1. The highest BCUT2D eigenvalue weighted by molar-refractivity contribution is 5.94. The van der Waals surface area contributed by atoms with E-state index >= 15 is 0 Å². The molecule has 1 aliphatic rings. The number of carbonyl (C=O) groups is 4. The predicted molar refractivity (Wildman–Crippen MR) is 159 cm³/mol. The maximum absolute atomic E-state index is 13.4. The number of carboxylic acid groups (broad SMARTS) is 1. The van der Waals surface area contributed by atoms with Crippen molar-refractivity contribution in [1.29, 1.82) is 0 Å². The number of H-pyrrole nitrogens is 1. The fourth-order valence-electron chi connectivity index (χ4n) is 5.49. The van der Waals surface area contributed by atoms with Gasteiger partial charge in [-0.25, -0.2) is 4.79 Å². The minimum Gasteiger partial charge on any atom is -0.480 e. The van der Waals surface area contributed by atoms with Crippen molar-refractivity contribution in [3.05, 3.63) is 71.9 Å². The molecule has 1 aromatic heterocycles. The molecule has 11 heteroatoms. The summed E-state index contributed by atoms with van der Waals surface area (Å²) in [6, 6.07) is 13.2. The Labute approximate surface area is 245 Å². The highest BCUT2D eigenvalue weighted by Crippen LogP contribution is 2.21. The van der Waals surface area contributed by atoms with Crippen LogP contribution in [0.25, 0.3) is 10.9 Å². The molecule has 8 N–H and O–H groups in total. The van der Waals surface area contributed by atoms with Gasteiger partial charge in [0, 0.05) is 30.1 Å². The molecule has 11 nitrogen and oxygen atoms in total. The predicted octanol–water partition coefficient (Wildman–Crippen LogP) is 1.45. The Bertz CT molecular complexity index is 1380. The van der Waals surface area contributed by atoms with E-state index in [-0.39, 0.29) is 18.7 Å². The number of para-hydroxylation sites is 1. The van der Waals surface area contributed by atoms with E-state index in [9.17, 15) is 24.3 Å². The number of nitrogens with zero attached hydrogens (tertiary/aromatic N) is 1. The van der Waals surface area contributed by atoms with Gasteiger partial charge in [-0.15, -0.1) is 0 Å². The van der Waals surface area contributed by atoms with Crippen molar-refractivity contribution < 1.29 is 24.3 Å². The van der Waals surface area contributed by atoms with Gasteiger partial charge >= 0.3 is 5.97 Å². The van der Waals surface area contributed by atoms with Gasteiger partial charge in [0.15, 0.2) is 0 Å². The molecule has 1 aliphatic heterocycles. The molecule has 1 fully saturated rings.